The molecule has 0 aliphatic carbocycles. The van der Waals surface area contributed by atoms with Crippen molar-refractivity contribution in [2.45, 2.75) is 71.8 Å². The van der Waals surface area contributed by atoms with Crippen LogP contribution in [0.1, 0.15) is 64.0 Å². The van der Waals surface area contributed by atoms with E-state index < -0.39 is 0 Å². The molecule has 0 bridgehead atoms. The van der Waals surface area contributed by atoms with E-state index in [1.807, 2.05) is 0 Å². The van der Waals surface area contributed by atoms with Crippen LogP contribution in [0.15, 0.2) is 30.3 Å². The second-order valence-corrected chi connectivity index (χ2v) is 6.38. The summed E-state index contributed by atoms with van der Waals surface area (Å²) in [7, 11) is 0. The molecule has 2 aromatic rings. The molecule has 0 saturated carbocycles. The van der Waals surface area contributed by atoms with Crippen LogP contribution >= 0.6 is 0 Å². The summed E-state index contributed by atoms with van der Waals surface area (Å²) in [5, 5.41) is 1.17. The third-order valence-corrected chi connectivity index (χ3v) is 4.53. The smallest absolute Gasteiger partial charge is 0.214 e. The number of nitrogens with two attached hydrogens (primary N) is 1. The van der Waals surface area contributed by atoms with Crippen molar-refractivity contribution in [3.63, 3.8) is 0 Å². The first kappa shape index (κ1) is 19.8. The van der Waals surface area contributed by atoms with E-state index in [-0.39, 0.29) is 12.4 Å². The summed E-state index contributed by atoms with van der Waals surface area (Å²) in [6.07, 6.45) is 10.9. The molecule has 0 aliphatic heterocycles. The maximum absolute atomic E-state index is 6.15. The molecule has 128 valence electrons. The quantitative estimate of drug-likeness (QED) is 0.553. The number of halogens is 1. The number of pyridine rings is 1. The molecule has 0 aliphatic rings. The highest BCUT2D eigenvalue weighted by atomic mass is 35.5. The summed E-state index contributed by atoms with van der Waals surface area (Å²) in [5.41, 5.74) is 9.57. The molecule has 0 fully saturated rings. The zero-order chi connectivity index (χ0) is 15.8. The minimum atomic E-state index is 0. The number of nitrogens with zero attached hydrogens (tertiary/aromatic N) is 1. The zero-order valence-corrected chi connectivity index (χ0v) is 15.4. The second kappa shape index (κ2) is 10.5. The van der Waals surface area contributed by atoms with Gasteiger partial charge in [-0.2, -0.15) is 4.57 Å². The minimum absolute atomic E-state index is 0. The standard InChI is InChI=1S/C20H30N2.ClH/c1-3-4-5-6-7-8-9-12-15-22-17(2)16-19(21)18-13-10-11-14-20(18)22;/h10-11,13-14,16,21H,3-9,12,15H2,1-2H3;1H. The van der Waals surface area contributed by atoms with Gasteiger partial charge in [-0.3, -0.25) is 0 Å². The monoisotopic (exact) mass is 334 g/mol. The van der Waals surface area contributed by atoms with Crippen LogP contribution in [0.4, 0.5) is 5.69 Å². The molecule has 0 amide bonds. The number of nitrogen functional groups attached to an aromatic ring is 1. The Bertz CT molecular complexity index is 595. The van der Waals surface area contributed by atoms with Crippen LogP contribution in [0, 0.1) is 6.92 Å². The van der Waals surface area contributed by atoms with Gasteiger partial charge in [0.15, 0.2) is 5.69 Å². The Hall–Kier alpha value is -1.28. The molecular weight excluding hydrogens is 304 g/mol. The van der Waals surface area contributed by atoms with Crippen LogP contribution in [0.5, 0.6) is 0 Å². The fourth-order valence-electron chi connectivity index (χ4n) is 3.22. The normalized spacial score (nSPS) is 10.7. The SMILES string of the molecule is CCCCCCCCCC[n+]1c(C)cc(N)c2ccccc21.[Cl-]. The number of anilines is 1. The van der Waals surface area contributed by atoms with E-state index in [1.165, 1.54) is 68.0 Å². The summed E-state index contributed by atoms with van der Waals surface area (Å²) >= 11 is 0. The van der Waals surface area contributed by atoms with E-state index in [0.717, 1.165) is 12.2 Å². The number of benzene rings is 1. The molecule has 2 nitrogen and oxygen atoms in total. The van der Waals surface area contributed by atoms with Crippen molar-refractivity contribution >= 4 is 16.6 Å². The lowest BCUT2D eigenvalue weighted by atomic mass is 10.1. The topological polar surface area (TPSA) is 29.9 Å². The zero-order valence-electron chi connectivity index (χ0n) is 14.7. The van der Waals surface area contributed by atoms with Crippen molar-refractivity contribution < 1.29 is 17.0 Å². The summed E-state index contributed by atoms with van der Waals surface area (Å²) in [6.45, 7) is 5.53. The Morgan fingerprint density at radius 3 is 2.22 bits per heavy atom. The molecule has 1 aromatic heterocycles. The number of rotatable bonds is 9. The van der Waals surface area contributed by atoms with Crippen LogP contribution in [-0.2, 0) is 6.54 Å². The summed E-state index contributed by atoms with van der Waals surface area (Å²) in [4.78, 5) is 0. The maximum Gasteiger partial charge on any atom is 0.214 e. The predicted octanol–water partition coefficient (Wildman–Crippen LogP) is 2.16. The largest absolute Gasteiger partial charge is 1.00 e. The molecule has 0 unspecified atom stereocenters. The first-order valence-corrected chi connectivity index (χ1v) is 8.91. The van der Waals surface area contributed by atoms with E-state index in [9.17, 15) is 0 Å². The van der Waals surface area contributed by atoms with Crippen LogP contribution in [-0.4, -0.2) is 0 Å². The number of fused-ring (bicyclic) bond motifs is 1. The highest BCUT2D eigenvalue weighted by Gasteiger charge is 2.14. The summed E-state index contributed by atoms with van der Waals surface area (Å²) in [6, 6.07) is 10.6. The second-order valence-electron chi connectivity index (χ2n) is 6.38. The Labute approximate surface area is 147 Å². The van der Waals surface area contributed by atoms with Gasteiger partial charge in [0.05, 0.1) is 11.1 Å². The van der Waals surface area contributed by atoms with E-state index in [1.54, 1.807) is 0 Å². The third-order valence-electron chi connectivity index (χ3n) is 4.53. The number of aromatic nitrogens is 1. The lowest BCUT2D eigenvalue weighted by Crippen LogP contribution is -3.00. The first-order valence-electron chi connectivity index (χ1n) is 8.91. The van der Waals surface area contributed by atoms with Gasteiger partial charge >= 0.3 is 0 Å². The predicted molar refractivity (Wildman–Crippen MR) is 95.9 cm³/mol. The van der Waals surface area contributed by atoms with Gasteiger partial charge < -0.3 is 18.1 Å². The van der Waals surface area contributed by atoms with Crippen LogP contribution < -0.4 is 22.7 Å². The lowest BCUT2D eigenvalue weighted by Gasteiger charge is -2.07. The molecule has 1 aromatic carbocycles. The summed E-state index contributed by atoms with van der Waals surface area (Å²) < 4.78 is 2.42. The van der Waals surface area contributed by atoms with Gasteiger partial charge in [0.2, 0.25) is 5.52 Å². The number of unbranched alkanes of at least 4 members (excludes halogenated alkanes) is 7. The molecule has 0 spiro atoms. The molecule has 2 N–H and O–H groups in total. The van der Waals surface area contributed by atoms with E-state index in [0.29, 0.717) is 0 Å². The third kappa shape index (κ3) is 5.69. The van der Waals surface area contributed by atoms with Crippen molar-refractivity contribution in [3.8, 4) is 0 Å². The number of para-hydroxylation sites is 1. The molecule has 3 heteroatoms. The van der Waals surface area contributed by atoms with Gasteiger partial charge in [-0.25, -0.2) is 0 Å². The molecule has 0 atom stereocenters. The van der Waals surface area contributed by atoms with Gasteiger partial charge in [-0.15, -0.1) is 0 Å². The molecule has 23 heavy (non-hydrogen) atoms. The van der Waals surface area contributed by atoms with Crippen molar-refractivity contribution in [3.05, 3.63) is 36.0 Å². The van der Waals surface area contributed by atoms with E-state index >= 15 is 0 Å². The Morgan fingerprint density at radius 1 is 0.913 bits per heavy atom. The van der Waals surface area contributed by atoms with Crippen molar-refractivity contribution in [2.75, 3.05) is 5.73 Å². The Morgan fingerprint density at radius 2 is 1.52 bits per heavy atom. The molecule has 1 heterocycles. The average molecular weight is 335 g/mol. The van der Waals surface area contributed by atoms with Gasteiger partial charge in [0, 0.05) is 25.5 Å². The first-order chi connectivity index (χ1) is 10.7. The minimum Gasteiger partial charge on any atom is -1.00 e. The van der Waals surface area contributed by atoms with Crippen molar-refractivity contribution in [2.24, 2.45) is 0 Å². The van der Waals surface area contributed by atoms with E-state index in [2.05, 4.69) is 48.7 Å². The fraction of sp³-hybridized carbons (Fsp3) is 0.550. The molecular formula is C20H31ClN2. The van der Waals surface area contributed by atoms with Crippen molar-refractivity contribution in [1.29, 1.82) is 0 Å². The lowest BCUT2D eigenvalue weighted by molar-refractivity contribution is -0.677. The molecule has 0 saturated heterocycles. The van der Waals surface area contributed by atoms with E-state index in [4.69, 9.17) is 5.73 Å². The Balaban J connectivity index is 0.00000264. The Kier molecular flexibility index (Phi) is 9.01. The number of hydrogen-bond acceptors (Lipinski definition) is 1. The van der Waals surface area contributed by atoms with Crippen LogP contribution in [0.25, 0.3) is 10.9 Å². The number of aryl methyl sites for hydroxylation is 2. The molecule has 2 rings (SSSR count). The van der Waals surface area contributed by atoms with Crippen LogP contribution in [0.2, 0.25) is 0 Å². The van der Waals surface area contributed by atoms with Gasteiger partial charge in [0.25, 0.3) is 0 Å². The van der Waals surface area contributed by atoms with Crippen molar-refractivity contribution in [1.82, 2.24) is 0 Å². The number of hydrogen-bond donors (Lipinski definition) is 1. The van der Waals surface area contributed by atoms with Gasteiger partial charge in [0.1, 0.15) is 6.54 Å². The van der Waals surface area contributed by atoms with Crippen LogP contribution in [0.3, 0.4) is 0 Å². The van der Waals surface area contributed by atoms with Gasteiger partial charge in [-0.1, -0.05) is 57.6 Å². The fourth-order valence-corrected chi connectivity index (χ4v) is 3.22. The van der Waals surface area contributed by atoms with Gasteiger partial charge in [-0.05, 0) is 12.5 Å². The highest BCUT2D eigenvalue weighted by Crippen LogP contribution is 2.19. The average Bonchev–Trinajstić information content (AvgIpc) is 2.52. The molecule has 0 radical (unpaired) electrons. The maximum atomic E-state index is 6.15. The highest BCUT2D eigenvalue weighted by molar-refractivity contribution is 5.87. The summed E-state index contributed by atoms with van der Waals surface area (Å²) in [5.74, 6) is 0.